The number of rotatable bonds is 5. The van der Waals surface area contributed by atoms with Crippen LogP contribution in [0.1, 0.15) is 24.4 Å². The van der Waals surface area contributed by atoms with Crippen LogP contribution in [-0.4, -0.2) is 14.7 Å². The second-order valence-electron chi connectivity index (χ2n) is 5.98. The van der Waals surface area contributed by atoms with Gasteiger partial charge in [0.15, 0.2) is 0 Å². The molecule has 2 aromatic carbocycles. The van der Waals surface area contributed by atoms with Gasteiger partial charge in [-0.1, -0.05) is 36.4 Å². The molecule has 0 saturated carbocycles. The van der Waals surface area contributed by atoms with Gasteiger partial charge in [-0.05, 0) is 43.2 Å². The van der Waals surface area contributed by atoms with Crippen molar-refractivity contribution in [1.82, 2.24) is 9.55 Å². The van der Waals surface area contributed by atoms with E-state index in [0.717, 1.165) is 28.0 Å². The molecule has 0 amide bonds. The minimum absolute atomic E-state index is 0.216. The predicted octanol–water partition coefficient (Wildman–Crippen LogP) is 3.56. The number of aromatic hydroxyl groups is 1. The van der Waals surface area contributed by atoms with Crippen molar-refractivity contribution >= 4 is 11.0 Å². The molecule has 0 fully saturated rings. The van der Waals surface area contributed by atoms with Crippen LogP contribution in [0.5, 0.6) is 5.75 Å². The lowest BCUT2D eigenvalue weighted by Gasteiger charge is -2.15. The molecule has 3 aromatic rings. The Morgan fingerprint density at radius 2 is 1.91 bits per heavy atom. The molecule has 23 heavy (non-hydrogen) atoms. The number of allylic oxidation sites excluding steroid dienone is 1. The van der Waals surface area contributed by atoms with E-state index in [9.17, 15) is 5.11 Å². The second-order valence-corrected chi connectivity index (χ2v) is 5.98. The first-order valence-electron chi connectivity index (χ1n) is 7.67. The Hall–Kier alpha value is -2.59. The molecule has 1 unspecified atom stereocenters. The van der Waals surface area contributed by atoms with Gasteiger partial charge in [0.2, 0.25) is 0 Å². The molecule has 4 heteroatoms. The Kier molecular flexibility index (Phi) is 4.17. The number of hydrogen-bond acceptors (Lipinski definition) is 3. The smallest absolute Gasteiger partial charge is 0.127 e. The van der Waals surface area contributed by atoms with Gasteiger partial charge in [-0.3, -0.25) is 0 Å². The van der Waals surface area contributed by atoms with E-state index in [1.807, 2.05) is 37.3 Å². The van der Waals surface area contributed by atoms with Crippen molar-refractivity contribution in [3.8, 4) is 5.75 Å². The summed E-state index contributed by atoms with van der Waals surface area (Å²) >= 11 is 0. The van der Waals surface area contributed by atoms with E-state index in [4.69, 9.17) is 10.7 Å². The molecule has 0 spiro atoms. The highest BCUT2D eigenvalue weighted by Crippen LogP contribution is 2.23. The molecule has 0 bridgehead atoms. The minimum Gasteiger partial charge on any atom is -0.508 e. The quantitative estimate of drug-likeness (QED) is 0.708. The highest BCUT2D eigenvalue weighted by atomic mass is 16.3. The highest BCUT2D eigenvalue weighted by Gasteiger charge is 2.17. The van der Waals surface area contributed by atoms with Crippen LogP contribution in [0.2, 0.25) is 0 Å². The first-order chi connectivity index (χ1) is 11.0. The van der Waals surface area contributed by atoms with Crippen LogP contribution in [0.25, 0.3) is 11.0 Å². The van der Waals surface area contributed by atoms with Crippen molar-refractivity contribution in [2.24, 2.45) is 5.73 Å². The van der Waals surface area contributed by atoms with Gasteiger partial charge in [0.05, 0.1) is 17.1 Å². The van der Waals surface area contributed by atoms with Crippen LogP contribution in [0.3, 0.4) is 0 Å². The van der Waals surface area contributed by atoms with Gasteiger partial charge in [0.25, 0.3) is 0 Å². The third-order valence-corrected chi connectivity index (χ3v) is 3.84. The van der Waals surface area contributed by atoms with Gasteiger partial charge in [-0.2, -0.15) is 0 Å². The van der Waals surface area contributed by atoms with E-state index in [0.29, 0.717) is 13.0 Å². The summed E-state index contributed by atoms with van der Waals surface area (Å²) in [6.45, 7) is 6.73. The normalized spacial score (nSPS) is 12.4. The Balaban J connectivity index is 1.96. The van der Waals surface area contributed by atoms with Gasteiger partial charge in [0, 0.05) is 6.54 Å². The van der Waals surface area contributed by atoms with Crippen LogP contribution < -0.4 is 5.73 Å². The maximum atomic E-state index is 9.39. The first-order valence-corrected chi connectivity index (χ1v) is 7.67. The van der Waals surface area contributed by atoms with E-state index >= 15 is 0 Å². The molecule has 1 aromatic heterocycles. The van der Waals surface area contributed by atoms with E-state index in [1.165, 1.54) is 0 Å². The number of imidazole rings is 1. The summed E-state index contributed by atoms with van der Waals surface area (Å²) in [7, 11) is 0. The van der Waals surface area contributed by atoms with E-state index in [1.54, 1.807) is 12.1 Å². The zero-order valence-corrected chi connectivity index (χ0v) is 13.2. The fourth-order valence-electron chi connectivity index (χ4n) is 2.79. The summed E-state index contributed by atoms with van der Waals surface area (Å²) in [4.78, 5) is 4.73. The van der Waals surface area contributed by atoms with Crippen molar-refractivity contribution in [2.75, 3.05) is 0 Å². The second kappa shape index (κ2) is 6.26. The fourth-order valence-corrected chi connectivity index (χ4v) is 2.79. The maximum absolute atomic E-state index is 9.39. The maximum Gasteiger partial charge on any atom is 0.127 e. The monoisotopic (exact) mass is 307 g/mol. The Bertz CT molecular complexity index is 833. The SMILES string of the molecule is C=C(C)Cn1c(C(N)Cc2ccc(O)cc2)nc2ccccc21. The summed E-state index contributed by atoms with van der Waals surface area (Å²) in [5, 5.41) is 9.39. The molecule has 1 heterocycles. The number of phenolic OH excluding ortho intramolecular Hbond substituents is 1. The molecular weight excluding hydrogens is 286 g/mol. The zero-order valence-electron chi connectivity index (χ0n) is 13.2. The molecule has 0 aliphatic rings. The Morgan fingerprint density at radius 1 is 1.22 bits per heavy atom. The topological polar surface area (TPSA) is 64.1 Å². The minimum atomic E-state index is -0.216. The van der Waals surface area contributed by atoms with Crippen LogP contribution in [0, 0.1) is 0 Å². The molecule has 118 valence electrons. The number of hydrogen-bond donors (Lipinski definition) is 2. The van der Waals surface area contributed by atoms with Crippen LogP contribution in [-0.2, 0) is 13.0 Å². The van der Waals surface area contributed by atoms with Crippen molar-refractivity contribution in [3.05, 3.63) is 72.1 Å². The summed E-state index contributed by atoms with van der Waals surface area (Å²) < 4.78 is 2.14. The van der Waals surface area contributed by atoms with Crippen LogP contribution in [0.15, 0.2) is 60.7 Å². The number of para-hydroxylation sites is 2. The van der Waals surface area contributed by atoms with Crippen molar-refractivity contribution in [2.45, 2.75) is 25.9 Å². The Morgan fingerprint density at radius 3 is 2.61 bits per heavy atom. The van der Waals surface area contributed by atoms with Gasteiger partial charge in [-0.25, -0.2) is 4.98 Å². The number of aromatic nitrogens is 2. The van der Waals surface area contributed by atoms with Gasteiger partial charge >= 0.3 is 0 Å². The number of nitrogens with zero attached hydrogens (tertiary/aromatic N) is 2. The summed E-state index contributed by atoms with van der Waals surface area (Å²) in [5.74, 6) is 1.12. The lowest BCUT2D eigenvalue weighted by atomic mass is 10.1. The molecule has 3 N–H and O–H groups in total. The first kappa shape index (κ1) is 15.3. The third kappa shape index (κ3) is 3.27. The van der Waals surface area contributed by atoms with E-state index < -0.39 is 0 Å². The van der Waals surface area contributed by atoms with E-state index in [-0.39, 0.29) is 11.8 Å². The van der Waals surface area contributed by atoms with Crippen molar-refractivity contribution in [1.29, 1.82) is 0 Å². The van der Waals surface area contributed by atoms with Crippen LogP contribution in [0.4, 0.5) is 0 Å². The lowest BCUT2D eigenvalue weighted by molar-refractivity contribution is 0.475. The Labute approximate surface area is 135 Å². The molecule has 0 aliphatic carbocycles. The van der Waals surface area contributed by atoms with Gasteiger partial charge in [0.1, 0.15) is 11.6 Å². The summed E-state index contributed by atoms with van der Waals surface area (Å²) in [6, 6.07) is 15.0. The van der Waals surface area contributed by atoms with Crippen molar-refractivity contribution in [3.63, 3.8) is 0 Å². The average Bonchev–Trinajstić information content (AvgIpc) is 2.88. The summed E-state index contributed by atoms with van der Waals surface area (Å²) in [5.41, 5.74) is 10.6. The van der Waals surface area contributed by atoms with Crippen LogP contribution >= 0.6 is 0 Å². The summed E-state index contributed by atoms with van der Waals surface area (Å²) in [6.07, 6.45) is 0.666. The lowest BCUT2D eigenvalue weighted by Crippen LogP contribution is -2.19. The predicted molar refractivity (Wildman–Crippen MR) is 93.3 cm³/mol. The molecule has 0 radical (unpaired) electrons. The van der Waals surface area contributed by atoms with Gasteiger partial charge in [-0.15, -0.1) is 0 Å². The standard InChI is InChI=1S/C19H21N3O/c1-13(2)12-22-18-6-4-3-5-17(18)21-19(22)16(20)11-14-7-9-15(23)10-8-14/h3-10,16,23H,1,11-12,20H2,2H3. The molecule has 0 aliphatic heterocycles. The molecule has 1 atom stereocenters. The molecule has 3 rings (SSSR count). The fraction of sp³-hybridized carbons (Fsp3) is 0.211. The number of benzene rings is 2. The molecule has 0 saturated heterocycles. The number of fused-ring (bicyclic) bond motifs is 1. The highest BCUT2D eigenvalue weighted by molar-refractivity contribution is 5.76. The number of nitrogens with two attached hydrogens (primary N) is 1. The number of phenols is 1. The third-order valence-electron chi connectivity index (χ3n) is 3.84. The van der Waals surface area contributed by atoms with E-state index in [2.05, 4.69) is 17.2 Å². The largest absolute Gasteiger partial charge is 0.508 e. The molecular formula is C19H21N3O. The zero-order chi connectivity index (χ0) is 16.4. The van der Waals surface area contributed by atoms with Gasteiger partial charge < -0.3 is 15.4 Å². The molecule has 4 nitrogen and oxygen atoms in total. The van der Waals surface area contributed by atoms with Crippen molar-refractivity contribution < 1.29 is 5.11 Å². The average molecular weight is 307 g/mol.